The Morgan fingerprint density at radius 3 is 2.58 bits per heavy atom. The number of benzene rings is 1. The fraction of sp³-hybridized carbons (Fsp3) is 0.211. The molecule has 0 atom stereocenters. The minimum atomic E-state index is -0.244. The molecule has 5 heteroatoms. The van der Waals surface area contributed by atoms with Crippen molar-refractivity contribution in [1.82, 2.24) is 9.55 Å². The Labute approximate surface area is 147 Å². The number of rotatable bonds is 5. The predicted octanol–water partition coefficient (Wildman–Crippen LogP) is 4.98. The molecule has 126 valence electrons. The maximum Gasteiger partial charge on any atom is 0.147 e. The van der Waals surface area contributed by atoms with E-state index in [2.05, 4.69) is 30.0 Å². The summed E-state index contributed by atoms with van der Waals surface area (Å²) in [6.07, 6.45) is 3.62. The first-order valence-electron chi connectivity index (χ1n) is 7.54. The van der Waals surface area contributed by atoms with Gasteiger partial charge >= 0.3 is 0 Å². The zero-order chi connectivity index (χ0) is 16.4. The van der Waals surface area contributed by atoms with E-state index >= 15 is 0 Å². The predicted molar refractivity (Wildman–Crippen MR) is 97.4 cm³/mol. The number of allylic oxidation sites excluding steroid dienone is 1. The molecule has 0 unspecified atom stereocenters. The van der Waals surface area contributed by atoms with Gasteiger partial charge in [0.15, 0.2) is 0 Å². The highest BCUT2D eigenvalue weighted by Gasteiger charge is 2.15. The molecule has 2 heterocycles. The number of ether oxygens (including phenoxy) is 1. The molecule has 0 amide bonds. The van der Waals surface area contributed by atoms with Crippen molar-refractivity contribution in [1.29, 1.82) is 0 Å². The van der Waals surface area contributed by atoms with Gasteiger partial charge in [-0.3, -0.25) is 4.98 Å². The van der Waals surface area contributed by atoms with Crippen LogP contribution in [0.5, 0.6) is 5.75 Å². The van der Waals surface area contributed by atoms with Gasteiger partial charge < -0.3 is 9.30 Å². The van der Waals surface area contributed by atoms with Gasteiger partial charge in [-0.2, -0.15) is 0 Å². The summed E-state index contributed by atoms with van der Waals surface area (Å²) in [6, 6.07) is 8.20. The van der Waals surface area contributed by atoms with E-state index in [0.717, 1.165) is 33.6 Å². The average molecular weight is 347 g/mol. The van der Waals surface area contributed by atoms with E-state index < -0.39 is 0 Å². The van der Waals surface area contributed by atoms with Crippen molar-refractivity contribution in [2.24, 2.45) is 0 Å². The van der Waals surface area contributed by atoms with Crippen LogP contribution in [0.1, 0.15) is 16.8 Å². The third-order valence-electron chi connectivity index (χ3n) is 4.08. The fourth-order valence-corrected chi connectivity index (χ4v) is 2.73. The second kappa shape index (κ2) is 7.49. The highest BCUT2D eigenvalue weighted by Crippen LogP contribution is 2.31. The van der Waals surface area contributed by atoms with Gasteiger partial charge in [0.25, 0.3) is 0 Å². The summed E-state index contributed by atoms with van der Waals surface area (Å²) < 4.78 is 21.1. The maximum atomic E-state index is 13.0. The Kier molecular flexibility index (Phi) is 5.62. The number of fused-ring (bicyclic) bond motifs is 1. The van der Waals surface area contributed by atoms with E-state index in [1.165, 1.54) is 12.1 Å². The van der Waals surface area contributed by atoms with Crippen molar-refractivity contribution in [3.05, 3.63) is 71.8 Å². The number of hydrogen-bond acceptors (Lipinski definition) is 2. The summed E-state index contributed by atoms with van der Waals surface area (Å²) in [6.45, 7) is 9.05. The normalized spacial score (nSPS) is 10.5. The summed E-state index contributed by atoms with van der Waals surface area (Å²) in [5.74, 6) is 0.531. The summed E-state index contributed by atoms with van der Waals surface area (Å²) in [4.78, 5) is 4.49. The van der Waals surface area contributed by atoms with Gasteiger partial charge in [0.2, 0.25) is 0 Å². The molecule has 0 aliphatic carbocycles. The Morgan fingerprint density at radius 1 is 1.21 bits per heavy atom. The molecule has 2 aromatic heterocycles. The van der Waals surface area contributed by atoms with Gasteiger partial charge in [0.05, 0.1) is 5.52 Å². The topological polar surface area (TPSA) is 27.1 Å². The van der Waals surface area contributed by atoms with Gasteiger partial charge in [-0.05, 0) is 37.1 Å². The van der Waals surface area contributed by atoms with Crippen LogP contribution >= 0.6 is 12.4 Å². The van der Waals surface area contributed by atoms with Crippen LogP contribution in [0.25, 0.3) is 11.0 Å². The van der Waals surface area contributed by atoms with Gasteiger partial charge in [-0.25, -0.2) is 4.39 Å². The van der Waals surface area contributed by atoms with E-state index in [4.69, 9.17) is 4.74 Å². The van der Waals surface area contributed by atoms with Crippen LogP contribution < -0.4 is 4.74 Å². The Bertz CT molecular complexity index is 856. The quantitative estimate of drug-likeness (QED) is 0.609. The first-order valence-corrected chi connectivity index (χ1v) is 7.54. The third kappa shape index (κ3) is 3.29. The molecule has 0 aliphatic rings. The van der Waals surface area contributed by atoms with E-state index in [1.54, 1.807) is 18.3 Å². The highest BCUT2D eigenvalue weighted by molar-refractivity contribution is 5.86. The van der Waals surface area contributed by atoms with Crippen molar-refractivity contribution in [2.75, 3.05) is 0 Å². The molecule has 3 nitrogen and oxygen atoms in total. The van der Waals surface area contributed by atoms with Crippen LogP contribution in [0.3, 0.4) is 0 Å². The van der Waals surface area contributed by atoms with E-state index in [1.807, 2.05) is 12.1 Å². The van der Waals surface area contributed by atoms with Crippen LogP contribution in [0, 0.1) is 19.7 Å². The summed E-state index contributed by atoms with van der Waals surface area (Å²) in [5.41, 5.74) is 5.15. The molecule has 0 radical (unpaired) electrons. The maximum absolute atomic E-state index is 13.0. The van der Waals surface area contributed by atoms with Crippen LogP contribution in [0.4, 0.5) is 4.39 Å². The first kappa shape index (κ1) is 18.0. The lowest BCUT2D eigenvalue weighted by Crippen LogP contribution is -2.01. The fourth-order valence-electron chi connectivity index (χ4n) is 2.73. The molecule has 0 fully saturated rings. The van der Waals surface area contributed by atoms with Crippen molar-refractivity contribution in [2.45, 2.75) is 27.0 Å². The lowest BCUT2D eigenvalue weighted by molar-refractivity contribution is 0.308. The molecule has 0 N–H and O–H groups in total. The molecule has 0 saturated carbocycles. The molecule has 3 rings (SSSR count). The SMILES string of the molecule is C=CCn1c(C)c(C)c2nccc(OCc3ccc(F)cc3)c21.Cl. The van der Waals surface area contributed by atoms with Crippen molar-refractivity contribution >= 4 is 23.4 Å². The number of aryl methyl sites for hydroxylation is 1. The molecule has 0 bridgehead atoms. The molecular weight excluding hydrogens is 327 g/mol. The molecule has 0 saturated heterocycles. The van der Waals surface area contributed by atoms with E-state index in [-0.39, 0.29) is 18.2 Å². The molecule has 24 heavy (non-hydrogen) atoms. The second-order valence-electron chi connectivity index (χ2n) is 5.53. The molecular formula is C19H20ClFN2O. The summed E-state index contributed by atoms with van der Waals surface area (Å²) in [5, 5.41) is 0. The minimum absolute atomic E-state index is 0. The number of aromatic nitrogens is 2. The lowest BCUT2D eigenvalue weighted by Gasteiger charge is -2.11. The Hall–Kier alpha value is -2.33. The van der Waals surface area contributed by atoms with Gasteiger partial charge in [0, 0.05) is 24.5 Å². The summed E-state index contributed by atoms with van der Waals surface area (Å²) >= 11 is 0. The van der Waals surface area contributed by atoms with Crippen molar-refractivity contribution in [3.63, 3.8) is 0 Å². The van der Waals surface area contributed by atoms with Crippen LogP contribution in [0.2, 0.25) is 0 Å². The molecule has 3 aromatic rings. The van der Waals surface area contributed by atoms with Crippen LogP contribution in [-0.4, -0.2) is 9.55 Å². The molecule has 0 aliphatic heterocycles. The van der Waals surface area contributed by atoms with Crippen LogP contribution in [-0.2, 0) is 13.2 Å². The van der Waals surface area contributed by atoms with Gasteiger partial charge in [-0.15, -0.1) is 19.0 Å². The molecule has 0 spiro atoms. The smallest absolute Gasteiger partial charge is 0.147 e. The van der Waals surface area contributed by atoms with Crippen LogP contribution in [0.15, 0.2) is 49.2 Å². The lowest BCUT2D eigenvalue weighted by atomic mass is 10.2. The van der Waals surface area contributed by atoms with E-state index in [9.17, 15) is 4.39 Å². The van der Waals surface area contributed by atoms with Crippen molar-refractivity contribution in [3.8, 4) is 5.75 Å². The Balaban J connectivity index is 0.00000208. The molecule has 1 aromatic carbocycles. The first-order chi connectivity index (χ1) is 11.1. The number of hydrogen-bond donors (Lipinski definition) is 0. The van der Waals surface area contributed by atoms with Crippen molar-refractivity contribution < 1.29 is 9.13 Å². The van der Waals surface area contributed by atoms with E-state index in [0.29, 0.717) is 13.2 Å². The monoisotopic (exact) mass is 346 g/mol. The average Bonchev–Trinajstić information content (AvgIpc) is 2.80. The van der Waals surface area contributed by atoms with Gasteiger partial charge in [0.1, 0.15) is 23.7 Å². The third-order valence-corrected chi connectivity index (χ3v) is 4.08. The largest absolute Gasteiger partial charge is 0.487 e. The standard InChI is InChI=1S/C19H19FN2O.ClH/c1-4-11-22-14(3)13(2)18-19(22)17(9-10-21-18)23-12-15-5-7-16(20)8-6-15;/h4-10H,1,11-12H2,2-3H3;1H. The second-order valence-corrected chi connectivity index (χ2v) is 5.53. The summed E-state index contributed by atoms with van der Waals surface area (Å²) in [7, 11) is 0. The number of halogens is 2. The Morgan fingerprint density at radius 2 is 1.92 bits per heavy atom. The van der Waals surface area contributed by atoms with Gasteiger partial charge in [-0.1, -0.05) is 18.2 Å². The number of pyridine rings is 1. The zero-order valence-electron chi connectivity index (χ0n) is 13.8. The zero-order valence-corrected chi connectivity index (χ0v) is 14.6. The highest BCUT2D eigenvalue weighted by atomic mass is 35.5. The number of nitrogens with zero attached hydrogens (tertiary/aromatic N) is 2. The minimum Gasteiger partial charge on any atom is -0.487 e.